The van der Waals surface area contributed by atoms with Crippen molar-refractivity contribution in [3.05, 3.63) is 11.8 Å². The third-order valence-corrected chi connectivity index (χ3v) is 5.17. The summed E-state index contributed by atoms with van der Waals surface area (Å²) >= 11 is 1.41. The molecule has 1 fully saturated rings. The van der Waals surface area contributed by atoms with Crippen molar-refractivity contribution in [2.24, 2.45) is 17.1 Å². The van der Waals surface area contributed by atoms with Crippen molar-refractivity contribution in [2.75, 3.05) is 11.5 Å². The number of unbranched alkanes of at least 4 members (excludes halogenated alkanes) is 2. The van der Waals surface area contributed by atoms with Gasteiger partial charge in [0.05, 0.1) is 23.7 Å². The first-order valence-corrected chi connectivity index (χ1v) is 9.07. The smallest absolute Gasteiger partial charge is 0.548 e. The standard InChI is InChI=1S/C16H26N2O5S.2Na/c1-16(2)8-10(16)13(19)18-12(15(22)23)6-4-3-5-7-24-9-11(17)14(20)21;;/h6,10-11H,3-5,7-9,17H2,1-2H3,(H,18,19)(H,20,21)(H,22,23);;/q;2*+1/p-2/b12-6-;;. The molecule has 1 aliphatic carbocycles. The molecule has 1 amide bonds. The van der Waals surface area contributed by atoms with E-state index in [0.717, 1.165) is 25.0 Å². The van der Waals surface area contributed by atoms with E-state index in [9.17, 15) is 24.6 Å². The molecule has 0 aromatic rings. The molecule has 0 spiro atoms. The van der Waals surface area contributed by atoms with Crippen LogP contribution in [0.2, 0.25) is 0 Å². The minimum absolute atomic E-state index is 0. The van der Waals surface area contributed by atoms with Gasteiger partial charge in [-0.3, -0.25) is 4.79 Å². The van der Waals surface area contributed by atoms with Gasteiger partial charge in [0.25, 0.3) is 0 Å². The van der Waals surface area contributed by atoms with Crippen LogP contribution in [0.5, 0.6) is 0 Å². The number of aliphatic carboxylic acids is 2. The molecule has 2 unspecified atom stereocenters. The normalized spacial score (nSPS) is 18.7. The summed E-state index contributed by atoms with van der Waals surface area (Å²) in [6.45, 7) is 3.92. The van der Waals surface area contributed by atoms with E-state index < -0.39 is 18.0 Å². The third-order valence-electron chi connectivity index (χ3n) is 4.00. The zero-order valence-electron chi connectivity index (χ0n) is 16.0. The molecule has 1 saturated carbocycles. The average Bonchev–Trinajstić information content (AvgIpc) is 3.13. The number of carboxylic acids is 2. The molecule has 3 N–H and O–H groups in total. The quantitative estimate of drug-likeness (QED) is 0.199. The van der Waals surface area contributed by atoms with Gasteiger partial charge in [-0.05, 0) is 36.9 Å². The molecule has 136 valence electrons. The first kappa shape index (κ1) is 28.7. The summed E-state index contributed by atoms with van der Waals surface area (Å²) in [6, 6.07) is -0.971. The predicted octanol–water partition coefficient (Wildman–Crippen LogP) is -7.23. The summed E-state index contributed by atoms with van der Waals surface area (Å²) < 4.78 is 0. The van der Waals surface area contributed by atoms with Crippen molar-refractivity contribution < 1.29 is 83.7 Å². The summed E-state index contributed by atoms with van der Waals surface area (Å²) in [4.78, 5) is 33.4. The van der Waals surface area contributed by atoms with Gasteiger partial charge in [-0.25, -0.2) is 0 Å². The first-order valence-electron chi connectivity index (χ1n) is 7.91. The van der Waals surface area contributed by atoms with Crippen LogP contribution in [0.25, 0.3) is 0 Å². The van der Waals surface area contributed by atoms with Crippen LogP contribution < -0.4 is 80.4 Å². The number of rotatable bonds is 11. The summed E-state index contributed by atoms with van der Waals surface area (Å²) in [7, 11) is 0. The molecule has 0 aromatic heterocycles. The molecule has 0 heterocycles. The van der Waals surface area contributed by atoms with Crippen molar-refractivity contribution >= 4 is 29.6 Å². The van der Waals surface area contributed by atoms with Crippen molar-refractivity contribution in [2.45, 2.75) is 45.6 Å². The second-order valence-electron chi connectivity index (χ2n) is 6.64. The number of carbonyl (C=O) groups excluding carboxylic acids is 3. The number of thioether (sulfide) groups is 1. The monoisotopic (exact) mass is 402 g/mol. The second-order valence-corrected chi connectivity index (χ2v) is 7.79. The molecule has 10 heteroatoms. The fourth-order valence-corrected chi connectivity index (χ4v) is 3.16. The fraction of sp³-hybridized carbons (Fsp3) is 0.688. The van der Waals surface area contributed by atoms with E-state index >= 15 is 0 Å². The summed E-state index contributed by atoms with van der Waals surface area (Å²) in [6.07, 6.45) is 4.20. The van der Waals surface area contributed by atoms with Crippen molar-refractivity contribution in [1.29, 1.82) is 0 Å². The van der Waals surface area contributed by atoms with Gasteiger partial charge in [-0.15, -0.1) is 0 Å². The third kappa shape index (κ3) is 10.7. The molecule has 0 aliphatic heterocycles. The van der Waals surface area contributed by atoms with E-state index in [1.54, 1.807) is 0 Å². The number of carbonyl (C=O) groups is 3. The molecule has 0 aromatic carbocycles. The Bertz CT molecular complexity index is 529. The Balaban J connectivity index is 0. The Morgan fingerprint density at radius 3 is 2.31 bits per heavy atom. The zero-order valence-corrected chi connectivity index (χ0v) is 20.8. The Labute approximate surface area is 202 Å². The minimum Gasteiger partial charge on any atom is -0.548 e. The summed E-state index contributed by atoms with van der Waals surface area (Å²) in [5, 5.41) is 23.9. The van der Waals surface area contributed by atoms with Gasteiger partial charge in [-0.1, -0.05) is 19.9 Å². The Morgan fingerprint density at radius 2 is 1.85 bits per heavy atom. The van der Waals surface area contributed by atoms with E-state index in [0.29, 0.717) is 6.42 Å². The molecule has 26 heavy (non-hydrogen) atoms. The fourth-order valence-electron chi connectivity index (χ4n) is 2.19. The second kappa shape index (κ2) is 13.6. The van der Waals surface area contributed by atoms with Crippen LogP contribution in [-0.4, -0.2) is 35.4 Å². The maximum Gasteiger partial charge on any atom is 1.00 e. The minimum atomic E-state index is -1.39. The molecule has 0 bridgehead atoms. The van der Waals surface area contributed by atoms with Crippen LogP contribution in [0.3, 0.4) is 0 Å². The number of hydrogen-bond acceptors (Lipinski definition) is 7. The molecule has 0 saturated heterocycles. The van der Waals surface area contributed by atoms with Crippen LogP contribution in [0.15, 0.2) is 11.8 Å². The number of carboxylic acid groups (broad SMARTS) is 2. The molecule has 1 rings (SSSR count). The molecular formula is C16H24N2Na2O5S. The van der Waals surface area contributed by atoms with Gasteiger partial charge in [0.1, 0.15) is 0 Å². The van der Waals surface area contributed by atoms with E-state index in [4.69, 9.17) is 5.73 Å². The molecule has 7 nitrogen and oxygen atoms in total. The number of nitrogens with one attached hydrogen (secondary N) is 1. The van der Waals surface area contributed by atoms with Crippen molar-refractivity contribution in [1.82, 2.24) is 5.32 Å². The largest absolute Gasteiger partial charge is 1.00 e. The summed E-state index contributed by atoms with van der Waals surface area (Å²) in [5.41, 5.74) is 5.07. The summed E-state index contributed by atoms with van der Waals surface area (Å²) in [5.74, 6) is -2.07. The number of amides is 1. The molecule has 0 radical (unpaired) electrons. The molecule has 1 aliphatic rings. The first-order chi connectivity index (χ1) is 11.1. The van der Waals surface area contributed by atoms with Gasteiger partial charge in [0, 0.05) is 11.7 Å². The van der Waals surface area contributed by atoms with Gasteiger partial charge < -0.3 is 30.9 Å². The van der Waals surface area contributed by atoms with E-state index in [-0.39, 0.29) is 87.8 Å². The van der Waals surface area contributed by atoms with E-state index in [1.165, 1.54) is 17.8 Å². The van der Waals surface area contributed by atoms with E-state index in [2.05, 4.69) is 5.32 Å². The van der Waals surface area contributed by atoms with Crippen molar-refractivity contribution in [3.8, 4) is 0 Å². The number of nitrogens with two attached hydrogens (primary N) is 1. The topological polar surface area (TPSA) is 135 Å². The van der Waals surface area contributed by atoms with Crippen LogP contribution in [0, 0.1) is 11.3 Å². The average molecular weight is 402 g/mol. The molecular weight excluding hydrogens is 378 g/mol. The Kier molecular flexibility index (Phi) is 15.0. The number of allylic oxidation sites excluding steroid dienone is 1. The van der Waals surface area contributed by atoms with Gasteiger partial charge in [-0.2, -0.15) is 11.8 Å². The van der Waals surface area contributed by atoms with Crippen LogP contribution >= 0.6 is 11.8 Å². The van der Waals surface area contributed by atoms with Crippen LogP contribution in [0.4, 0.5) is 0 Å². The predicted molar refractivity (Wildman–Crippen MR) is 87.3 cm³/mol. The van der Waals surface area contributed by atoms with Gasteiger partial charge in [0.15, 0.2) is 0 Å². The van der Waals surface area contributed by atoms with E-state index in [1.807, 2.05) is 13.8 Å². The Hall–Kier alpha value is 0.460. The van der Waals surface area contributed by atoms with Gasteiger partial charge in [0.2, 0.25) is 5.91 Å². The van der Waals surface area contributed by atoms with Crippen LogP contribution in [-0.2, 0) is 14.4 Å². The SMILES string of the molecule is CC1(C)CC1C(=O)N/C(=C\CCCCSCC(N)C(=O)[O-])C(=O)[O-].[Na+].[Na+]. The molecule has 2 atom stereocenters. The van der Waals surface area contributed by atoms with Crippen molar-refractivity contribution in [3.63, 3.8) is 0 Å². The van der Waals surface area contributed by atoms with Gasteiger partial charge >= 0.3 is 59.1 Å². The maximum atomic E-state index is 11.9. The zero-order chi connectivity index (χ0) is 18.3. The number of hydrogen-bond donors (Lipinski definition) is 2. The Morgan fingerprint density at radius 1 is 1.27 bits per heavy atom. The maximum absolute atomic E-state index is 11.9. The van der Waals surface area contributed by atoms with Crippen LogP contribution in [0.1, 0.15) is 39.5 Å².